The fourth-order valence-corrected chi connectivity index (χ4v) is 3.11. The second-order valence-electron chi connectivity index (χ2n) is 7.37. The summed E-state index contributed by atoms with van der Waals surface area (Å²) in [6, 6.07) is -1.05. The molecule has 12 heteroatoms. The van der Waals surface area contributed by atoms with Crippen molar-refractivity contribution in [1.82, 2.24) is 10.2 Å². The first-order valence-corrected chi connectivity index (χ1v) is 11.5. The van der Waals surface area contributed by atoms with Crippen LogP contribution in [-0.4, -0.2) is 90.8 Å². The first-order chi connectivity index (χ1) is 14.6. The van der Waals surface area contributed by atoms with Crippen molar-refractivity contribution in [2.24, 2.45) is 0 Å². The summed E-state index contributed by atoms with van der Waals surface area (Å²) in [5.74, 6) is -1.80. The van der Waals surface area contributed by atoms with Gasteiger partial charge in [-0.3, -0.25) is 14.5 Å². The number of carbonyl (C=O) groups excluding carboxylic acids is 4. The normalized spacial score (nSPS) is 15.6. The van der Waals surface area contributed by atoms with E-state index in [-0.39, 0.29) is 12.4 Å². The molecule has 178 valence electrons. The molecule has 1 aliphatic heterocycles. The zero-order chi connectivity index (χ0) is 23.3. The Bertz CT molecular complexity index is 606. The number of morpholine rings is 1. The number of thioether (sulfide) groups is 1. The van der Waals surface area contributed by atoms with Crippen LogP contribution in [-0.2, 0) is 33.3 Å². The molecular weight excluding hydrogens is 448 g/mol. The molecule has 0 bridgehead atoms. The summed E-state index contributed by atoms with van der Waals surface area (Å²) in [4.78, 5) is 49.4. The maximum atomic E-state index is 12.5. The summed E-state index contributed by atoms with van der Waals surface area (Å²) in [6.07, 6.45) is 1.55. The van der Waals surface area contributed by atoms with Crippen LogP contribution in [0.3, 0.4) is 0 Å². The first-order valence-electron chi connectivity index (χ1n) is 10.0. The molecule has 0 aliphatic carbocycles. The van der Waals surface area contributed by atoms with E-state index in [0.717, 1.165) is 39.3 Å². The van der Waals surface area contributed by atoms with Crippen LogP contribution in [0, 0.1) is 0 Å². The Balaban J connectivity index is 2.43. The molecule has 1 aliphatic rings. The molecule has 0 aromatic carbocycles. The maximum absolute atomic E-state index is 12.5. The van der Waals surface area contributed by atoms with E-state index in [1.807, 2.05) is 0 Å². The van der Waals surface area contributed by atoms with Gasteiger partial charge in [-0.15, -0.1) is 0 Å². The molecule has 0 spiro atoms. The molecule has 1 atom stereocenters. The van der Waals surface area contributed by atoms with Gasteiger partial charge in [-0.1, -0.05) is 0 Å². The monoisotopic (exact) mass is 480 g/mol. The van der Waals surface area contributed by atoms with Crippen molar-refractivity contribution in [1.29, 1.82) is 0 Å². The van der Waals surface area contributed by atoms with Crippen molar-refractivity contribution < 1.29 is 38.1 Å². The maximum Gasteiger partial charge on any atom is 0.370 e. The van der Waals surface area contributed by atoms with E-state index in [9.17, 15) is 19.2 Å². The number of amides is 1. The van der Waals surface area contributed by atoms with Gasteiger partial charge < -0.3 is 24.3 Å². The molecule has 10 nitrogen and oxygen atoms in total. The lowest BCUT2D eigenvalue weighted by Crippen LogP contribution is -2.49. The van der Waals surface area contributed by atoms with Gasteiger partial charge >= 0.3 is 17.2 Å². The molecule has 1 fully saturated rings. The van der Waals surface area contributed by atoms with Gasteiger partial charge in [-0.25, -0.2) is 9.59 Å². The van der Waals surface area contributed by atoms with E-state index in [1.165, 1.54) is 6.92 Å². The van der Waals surface area contributed by atoms with E-state index in [2.05, 4.69) is 27.6 Å². The van der Waals surface area contributed by atoms with Gasteiger partial charge in [0.25, 0.3) is 0 Å². The average Bonchev–Trinajstić information content (AvgIpc) is 2.70. The minimum absolute atomic E-state index is 0.0961. The highest BCUT2D eigenvalue weighted by Gasteiger charge is 2.30. The predicted octanol–water partition coefficient (Wildman–Crippen LogP) is 1.23. The van der Waals surface area contributed by atoms with Crippen molar-refractivity contribution >= 4 is 47.5 Å². The number of hydrogen-bond acceptors (Lipinski definition) is 11. The minimum Gasteiger partial charge on any atom is -0.464 e. The fraction of sp³-hybridized carbons (Fsp3) is 0.789. The number of unbranched alkanes of at least 4 members (excludes halogenated alkanes) is 1. The van der Waals surface area contributed by atoms with Crippen molar-refractivity contribution in [2.75, 3.05) is 52.0 Å². The number of ether oxygens (including phenoxy) is 4. The molecule has 1 heterocycles. The van der Waals surface area contributed by atoms with Crippen molar-refractivity contribution in [2.45, 2.75) is 44.4 Å². The Morgan fingerprint density at radius 1 is 1.13 bits per heavy atom. The predicted molar refractivity (Wildman–Crippen MR) is 118 cm³/mol. The third-order valence-electron chi connectivity index (χ3n) is 4.17. The van der Waals surface area contributed by atoms with E-state index in [1.54, 1.807) is 13.8 Å². The van der Waals surface area contributed by atoms with Crippen molar-refractivity contribution in [3.8, 4) is 0 Å². The molecule has 31 heavy (non-hydrogen) atoms. The zero-order valence-electron chi connectivity index (χ0n) is 18.2. The van der Waals surface area contributed by atoms with Crippen LogP contribution in [0.25, 0.3) is 0 Å². The Hall–Kier alpha value is -1.50. The molecule has 1 amide bonds. The number of rotatable bonds is 12. The average molecular weight is 481 g/mol. The highest BCUT2D eigenvalue weighted by atomic mass is 32.2. The van der Waals surface area contributed by atoms with E-state index >= 15 is 0 Å². The summed E-state index contributed by atoms with van der Waals surface area (Å²) in [5.41, 5.74) is 0. The second kappa shape index (κ2) is 14.5. The quantitative estimate of drug-likeness (QED) is 0.183. The highest BCUT2D eigenvalue weighted by Crippen LogP contribution is 2.14. The molecule has 1 N–H and O–H groups in total. The number of carbonyl (C=O) groups is 4. The lowest BCUT2D eigenvalue weighted by atomic mass is 10.2. The topological polar surface area (TPSA) is 120 Å². The van der Waals surface area contributed by atoms with Crippen molar-refractivity contribution in [3.63, 3.8) is 0 Å². The lowest BCUT2D eigenvalue weighted by molar-refractivity contribution is -0.148. The SMILES string of the molecule is CC(=O)OCOC(=O)SC[C@H](NC(=O)C(C)(C)S)C(=O)OCCCCN1CCOCC1. The summed E-state index contributed by atoms with van der Waals surface area (Å²) >= 11 is 4.86. The number of esters is 2. The van der Waals surface area contributed by atoms with Crippen LogP contribution in [0.2, 0.25) is 0 Å². The third kappa shape index (κ3) is 12.8. The molecule has 0 radical (unpaired) electrons. The van der Waals surface area contributed by atoms with Crippen LogP contribution in [0.4, 0.5) is 4.79 Å². The third-order valence-corrected chi connectivity index (χ3v) is 5.23. The first kappa shape index (κ1) is 27.5. The molecular formula is C19H32N2O8S2. The summed E-state index contributed by atoms with van der Waals surface area (Å²) < 4.78 is 18.8. The summed E-state index contributed by atoms with van der Waals surface area (Å²) in [5, 5.41) is 1.81. The van der Waals surface area contributed by atoms with Crippen molar-refractivity contribution in [3.05, 3.63) is 0 Å². The zero-order valence-corrected chi connectivity index (χ0v) is 19.9. The van der Waals surface area contributed by atoms with Gasteiger partial charge in [0.05, 0.1) is 24.6 Å². The molecule has 0 aromatic rings. The minimum atomic E-state index is -1.05. The van der Waals surface area contributed by atoms with Crippen LogP contribution in [0.1, 0.15) is 33.6 Å². The Morgan fingerprint density at radius 3 is 2.42 bits per heavy atom. The Labute approximate surface area is 192 Å². The van der Waals surface area contributed by atoms with Crippen LogP contribution < -0.4 is 5.32 Å². The van der Waals surface area contributed by atoms with Gasteiger partial charge in [0.1, 0.15) is 6.04 Å². The smallest absolute Gasteiger partial charge is 0.370 e. The lowest BCUT2D eigenvalue weighted by Gasteiger charge is -2.26. The Kier molecular flexibility index (Phi) is 12.9. The largest absolute Gasteiger partial charge is 0.464 e. The van der Waals surface area contributed by atoms with Gasteiger partial charge in [0.15, 0.2) is 0 Å². The van der Waals surface area contributed by atoms with E-state index in [4.69, 9.17) is 14.2 Å². The van der Waals surface area contributed by atoms with Gasteiger partial charge in [-0.05, 0) is 45.0 Å². The standard InChI is InChI=1S/C19H32N2O8S2/c1-14(22)28-13-29-18(25)31-12-15(20-17(24)19(2,3)30)16(23)27-9-5-4-6-21-7-10-26-11-8-21/h15,30H,4-13H2,1-3H3,(H,20,24)/t15-/m0/s1. The molecule has 0 saturated carbocycles. The number of hydrogen-bond donors (Lipinski definition) is 2. The van der Waals surface area contributed by atoms with Crippen LogP contribution in [0.15, 0.2) is 0 Å². The highest BCUT2D eigenvalue weighted by molar-refractivity contribution is 8.13. The summed E-state index contributed by atoms with van der Waals surface area (Å²) in [7, 11) is 0. The van der Waals surface area contributed by atoms with Crippen LogP contribution in [0.5, 0.6) is 0 Å². The van der Waals surface area contributed by atoms with E-state index < -0.39 is 40.7 Å². The molecule has 0 aromatic heterocycles. The molecule has 1 saturated heterocycles. The fourth-order valence-electron chi connectivity index (χ4n) is 2.39. The number of nitrogens with zero attached hydrogens (tertiary/aromatic N) is 1. The number of thiol groups is 1. The summed E-state index contributed by atoms with van der Waals surface area (Å²) in [6.45, 7) is 8.21. The van der Waals surface area contributed by atoms with Crippen LogP contribution >= 0.6 is 24.4 Å². The Morgan fingerprint density at radius 2 is 1.81 bits per heavy atom. The molecule has 1 rings (SSSR count). The van der Waals surface area contributed by atoms with E-state index in [0.29, 0.717) is 18.2 Å². The van der Waals surface area contributed by atoms with Gasteiger partial charge in [0, 0.05) is 25.8 Å². The second-order valence-corrected chi connectivity index (χ2v) is 9.45. The van der Waals surface area contributed by atoms with Gasteiger partial charge in [-0.2, -0.15) is 12.6 Å². The number of nitrogens with one attached hydrogen (secondary N) is 1. The molecule has 0 unspecified atom stereocenters. The van der Waals surface area contributed by atoms with Gasteiger partial charge in [0.2, 0.25) is 12.7 Å².